The Morgan fingerprint density at radius 1 is 1.22 bits per heavy atom. The molecule has 36 heavy (non-hydrogen) atoms. The lowest BCUT2D eigenvalue weighted by atomic mass is 10.00. The summed E-state index contributed by atoms with van der Waals surface area (Å²) in [6.07, 6.45) is -1.86. The van der Waals surface area contributed by atoms with Crippen molar-refractivity contribution in [2.75, 3.05) is 47.7 Å². The Hall–Kier alpha value is -3.45. The molecule has 2 heterocycles. The van der Waals surface area contributed by atoms with E-state index < -0.39 is 12.7 Å². The van der Waals surface area contributed by atoms with Crippen LogP contribution in [0.25, 0.3) is 11.0 Å². The zero-order chi connectivity index (χ0) is 25.9. The van der Waals surface area contributed by atoms with Crippen LogP contribution < -0.4 is 20.3 Å². The zero-order valence-electron chi connectivity index (χ0n) is 19.7. The van der Waals surface area contributed by atoms with Crippen molar-refractivity contribution in [1.29, 1.82) is 5.26 Å². The summed E-state index contributed by atoms with van der Waals surface area (Å²) >= 11 is 5.69. The fourth-order valence-electron chi connectivity index (χ4n) is 4.61. The van der Waals surface area contributed by atoms with Crippen molar-refractivity contribution in [2.24, 2.45) is 0 Å². The summed E-state index contributed by atoms with van der Waals surface area (Å²) in [5, 5.41) is 9.62. The van der Waals surface area contributed by atoms with E-state index in [0.717, 1.165) is 5.69 Å². The van der Waals surface area contributed by atoms with Crippen LogP contribution in [0.2, 0.25) is 0 Å². The van der Waals surface area contributed by atoms with Gasteiger partial charge < -0.3 is 20.3 Å². The molecule has 0 bridgehead atoms. The van der Waals surface area contributed by atoms with Gasteiger partial charge in [0.15, 0.2) is 0 Å². The van der Waals surface area contributed by atoms with Crippen molar-refractivity contribution in [2.45, 2.75) is 32.0 Å². The Labute approximate surface area is 212 Å². The van der Waals surface area contributed by atoms with Crippen molar-refractivity contribution >= 4 is 39.8 Å². The van der Waals surface area contributed by atoms with Gasteiger partial charge in [0.05, 0.1) is 28.7 Å². The van der Waals surface area contributed by atoms with Crippen LogP contribution in [0.15, 0.2) is 36.5 Å². The van der Waals surface area contributed by atoms with Gasteiger partial charge in [-0.15, -0.1) is 11.6 Å². The van der Waals surface area contributed by atoms with Crippen LogP contribution in [0.5, 0.6) is 5.75 Å². The Bertz CT molecular complexity index is 1270. The average molecular weight is 519 g/mol. The summed E-state index contributed by atoms with van der Waals surface area (Å²) in [7, 11) is 0. The van der Waals surface area contributed by atoms with E-state index in [1.165, 1.54) is 17.2 Å². The molecule has 190 valence electrons. The van der Waals surface area contributed by atoms with Crippen LogP contribution in [0, 0.1) is 18.3 Å². The van der Waals surface area contributed by atoms with Crippen molar-refractivity contribution in [3.8, 4) is 11.8 Å². The van der Waals surface area contributed by atoms with Gasteiger partial charge in [-0.1, -0.05) is 0 Å². The number of ether oxygens (including phenoxy) is 1. The lowest BCUT2D eigenvalue weighted by Crippen LogP contribution is -2.48. The van der Waals surface area contributed by atoms with E-state index in [0.29, 0.717) is 59.8 Å². The van der Waals surface area contributed by atoms with E-state index in [2.05, 4.69) is 14.9 Å². The first-order chi connectivity index (χ1) is 17.2. The third kappa shape index (κ3) is 5.85. The maximum atomic E-state index is 13.6. The SMILES string of the molecule is Cc1cc(N(CC(F)(F)F)C2CCN(c3ccc4nc(N)cnc4c3)CC2)cc(C#N)c1OCCCl. The van der Waals surface area contributed by atoms with E-state index in [1.54, 1.807) is 13.0 Å². The molecule has 7 nitrogen and oxygen atoms in total. The van der Waals surface area contributed by atoms with Gasteiger partial charge in [-0.2, -0.15) is 18.4 Å². The number of nitrogens with two attached hydrogens (primary N) is 1. The number of aromatic nitrogens is 2. The summed E-state index contributed by atoms with van der Waals surface area (Å²) < 4.78 is 46.4. The van der Waals surface area contributed by atoms with Gasteiger partial charge in [0.2, 0.25) is 0 Å². The van der Waals surface area contributed by atoms with Gasteiger partial charge in [-0.05, 0) is 55.7 Å². The standard InChI is InChI=1S/C25H26ClF3N6O/c1-16-10-20(11-17(13-30)24(16)36-9-6-26)35(15-25(27,28)29)18-4-7-34(8-5-18)19-2-3-21-22(12-19)32-14-23(31)33-21/h2-3,10-12,14,18H,4-9,15H2,1H3,(H2,31,33). The Kier molecular flexibility index (Phi) is 7.59. The summed E-state index contributed by atoms with van der Waals surface area (Å²) in [6.45, 7) is 1.98. The predicted octanol–water partition coefficient (Wildman–Crippen LogP) is 5.05. The van der Waals surface area contributed by atoms with E-state index >= 15 is 0 Å². The van der Waals surface area contributed by atoms with Crippen LogP contribution >= 0.6 is 11.6 Å². The Morgan fingerprint density at radius 3 is 2.64 bits per heavy atom. The molecule has 1 aliphatic rings. The zero-order valence-corrected chi connectivity index (χ0v) is 20.5. The van der Waals surface area contributed by atoms with E-state index in [9.17, 15) is 18.4 Å². The van der Waals surface area contributed by atoms with Gasteiger partial charge in [0.25, 0.3) is 0 Å². The highest BCUT2D eigenvalue weighted by molar-refractivity contribution is 6.18. The molecule has 1 aliphatic heterocycles. The highest BCUT2D eigenvalue weighted by Crippen LogP contribution is 2.35. The maximum Gasteiger partial charge on any atom is 0.405 e. The van der Waals surface area contributed by atoms with Gasteiger partial charge >= 0.3 is 6.18 Å². The monoisotopic (exact) mass is 518 g/mol. The second kappa shape index (κ2) is 10.7. The summed E-state index contributed by atoms with van der Waals surface area (Å²) in [5.74, 6) is 0.932. The number of benzene rings is 2. The Balaban J connectivity index is 1.56. The first-order valence-corrected chi connectivity index (χ1v) is 12.1. The third-order valence-corrected chi connectivity index (χ3v) is 6.35. The van der Waals surface area contributed by atoms with Gasteiger partial charge in [-0.25, -0.2) is 4.98 Å². The molecular weight excluding hydrogens is 493 g/mol. The van der Waals surface area contributed by atoms with Crippen LogP contribution in [0.3, 0.4) is 0 Å². The first-order valence-electron chi connectivity index (χ1n) is 11.5. The third-order valence-electron chi connectivity index (χ3n) is 6.20. The number of nitriles is 1. The molecule has 4 rings (SSSR count). The minimum atomic E-state index is -4.40. The number of hydrogen-bond acceptors (Lipinski definition) is 7. The van der Waals surface area contributed by atoms with Gasteiger partial charge in [0.1, 0.15) is 30.8 Å². The normalized spacial score (nSPS) is 14.6. The molecule has 3 aromatic rings. The lowest BCUT2D eigenvalue weighted by Gasteiger charge is -2.41. The largest absolute Gasteiger partial charge is 0.491 e. The number of halogens is 4. The van der Waals surface area contributed by atoms with Crippen LogP contribution in [0.1, 0.15) is 24.0 Å². The molecular formula is C25H26ClF3N6O. The number of rotatable bonds is 7. The predicted molar refractivity (Wildman–Crippen MR) is 135 cm³/mol. The molecule has 0 aliphatic carbocycles. The minimum Gasteiger partial charge on any atom is -0.491 e. The van der Waals surface area contributed by atoms with Gasteiger partial charge in [0, 0.05) is 30.5 Å². The molecule has 0 radical (unpaired) electrons. The summed E-state index contributed by atoms with van der Waals surface area (Å²) in [4.78, 5) is 12.1. The number of nitrogen functional groups attached to an aromatic ring is 1. The molecule has 1 fully saturated rings. The molecule has 11 heteroatoms. The van der Waals surface area contributed by atoms with Crippen LogP contribution in [0.4, 0.5) is 30.4 Å². The average Bonchev–Trinajstić information content (AvgIpc) is 2.85. The molecule has 2 N–H and O–H groups in total. The maximum absolute atomic E-state index is 13.6. The molecule has 0 amide bonds. The minimum absolute atomic E-state index is 0.192. The number of hydrogen-bond donors (Lipinski definition) is 1. The molecule has 0 spiro atoms. The van der Waals surface area contributed by atoms with Crippen molar-refractivity contribution < 1.29 is 17.9 Å². The number of nitrogens with zero attached hydrogens (tertiary/aromatic N) is 5. The van der Waals surface area contributed by atoms with Crippen molar-refractivity contribution in [3.63, 3.8) is 0 Å². The number of anilines is 3. The smallest absolute Gasteiger partial charge is 0.405 e. The van der Waals surface area contributed by atoms with E-state index in [-0.39, 0.29) is 24.1 Å². The fourth-order valence-corrected chi connectivity index (χ4v) is 4.68. The Morgan fingerprint density at radius 2 is 1.97 bits per heavy atom. The summed E-state index contributed by atoms with van der Waals surface area (Å²) in [6, 6.07) is 10.5. The number of alkyl halides is 4. The van der Waals surface area contributed by atoms with Crippen molar-refractivity contribution in [1.82, 2.24) is 9.97 Å². The highest BCUT2D eigenvalue weighted by atomic mass is 35.5. The number of piperidine rings is 1. The number of fused-ring (bicyclic) bond motifs is 1. The second-order valence-electron chi connectivity index (χ2n) is 8.72. The van der Waals surface area contributed by atoms with Crippen LogP contribution in [-0.2, 0) is 0 Å². The molecule has 2 aromatic carbocycles. The number of aryl methyl sites for hydroxylation is 1. The van der Waals surface area contributed by atoms with E-state index in [1.807, 2.05) is 24.3 Å². The van der Waals surface area contributed by atoms with E-state index in [4.69, 9.17) is 22.1 Å². The molecule has 0 saturated carbocycles. The molecule has 1 saturated heterocycles. The highest BCUT2D eigenvalue weighted by Gasteiger charge is 2.36. The fraction of sp³-hybridized carbons (Fsp3) is 0.400. The topological polar surface area (TPSA) is 91.3 Å². The van der Waals surface area contributed by atoms with Gasteiger partial charge in [-0.3, -0.25) is 4.98 Å². The first kappa shape index (κ1) is 25.6. The molecule has 0 atom stereocenters. The lowest BCUT2D eigenvalue weighted by molar-refractivity contribution is -0.120. The summed E-state index contributed by atoms with van der Waals surface area (Å²) in [5.41, 5.74) is 9.17. The molecule has 0 unspecified atom stereocenters. The second-order valence-corrected chi connectivity index (χ2v) is 9.10. The quantitative estimate of drug-likeness (QED) is 0.438. The van der Waals surface area contributed by atoms with Crippen LogP contribution in [-0.4, -0.2) is 54.3 Å². The van der Waals surface area contributed by atoms with Crippen molar-refractivity contribution in [3.05, 3.63) is 47.7 Å². The molecule has 1 aromatic heterocycles.